The van der Waals surface area contributed by atoms with Crippen LogP contribution in [-0.4, -0.2) is 0 Å². The van der Waals surface area contributed by atoms with Crippen LogP contribution in [-0.2, 0) is 5.41 Å². The molecule has 0 saturated heterocycles. The molecule has 12 aromatic rings. The minimum atomic E-state index is -0.179. The van der Waals surface area contributed by atoms with E-state index in [-0.39, 0.29) is 5.41 Å². The van der Waals surface area contributed by atoms with Gasteiger partial charge in [-0.25, -0.2) is 0 Å². The van der Waals surface area contributed by atoms with Crippen LogP contribution in [0.3, 0.4) is 0 Å². The highest BCUT2D eigenvalue weighted by Crippen LogP contribution is 2.57. The molecular weight excluding hydrogens is 723 g/mol. The molecule has 1 heteroatoms. The molecule has 0 saturated carbocycles. The number of nitrogens with zero attached hydrogens (tertiary/aromatic N) is 1. The maximum absolute atomic E-state index is 2.52. The predicted octanol–water partition coefficient (Wildman–Crippen LogP) is 16.6. The summed E-state index contributed by atoms with van der Waals surface area (Å²) in [5.74, 6) is 0. The molecule has 1 nitrogen and oxygen atoms in total. The van der Waals surface area contributed by atoms with Crippen LogP contribution in [0.4, 0.5) is 17.1 Å². The number of rotatable bonds is 5. The largest absolute Gasteiger partial charge is 0.309 e. The Kier molecular flexibility index (Phi) is 6.85. The third-order valence-electron chi connectivity index (χ3n) is 13.7. The van der Waals surface area contributed by atoms with Gasteiger partial charge in [0, 0.05) is 32.9 Å². The number of benzene rings is 12. The van der Waals surface area contributed by atoms with Gasteiger partial charge in [-0.3, -0.25) is 0 Å². The molecule has 12 aromatic carbocycles. The van der Waals surface area contributed by atoms with Crippen molar-refractivity contribution in [3.8, 4) is 22.3 Å². The van der Waals surface area contributed by atoms with Gasteiger partial charge in [0.15, 0.2) is 0 Å². The van der Waals surface area contributed by atoms with E-state index in [1.54, 1.807) is 0 Å². The van der Waals surface area contributed by atoms with Gasteiger partial charge in [0.2, 0.25) is 0 Å². The van der Waals surface area contributed by atoms with Crippen molar-refractivity contribution in [1.82, 2.24) is 0 Å². The number of anilines is 3. The second kappa shape index (κ2) is 12.3. The summed E-state index contributed by atoms with van der Waals surface area (Å²) in [7, 11) is 0. The van der Waals surface area contributed by atoms with Crippen LogP contribution in [0, 0.1) is 0 Å². The van der Waals surface area contributed by atoms with Crippen molar-refractivity contribution in [3.05, 3.63) is 211 Å². The standard InChI is InChI=1S/C59H39N/c1-59(2)49-29-15-28-48-55(49)57-54-46(45-25-13-18-37-32-35-50(59)56(57)53(37)45)26-14-27-47(54)58(48)60(39-19-7-4-8-20-39)40-33-30-38(31-34-40)52-43-23-11-9-21-41(43)51(36-16-5-3-6-17-36)42-22-10-12-24-44(42)52/h3-35H,1-2H3. The minimum absolute atomic E-state index is 0.179. The fraction of sp³-hybridized carbons (Fsp3) is 0.0508. The Hall–Kier alpha value is -7.48. The van der Waals surface area contributed by atoms with Gasteiger partial charge in [-0.1, -0.05) is 190 Å². The average Bonchev–Trinajstić information content (AvgIpc) is 3.30. The van der Waals surface area contributed by atoms with Crippen molar-refractivity contribution < 1.29 is 0 Å². The molecule has 60 heavy (non-hydrogen) atoms. The molecule has 0 spiro atoms. The van der Waals surface area contributed by atoms with Gasteiger partial charge in [-0.15, -0.1) is 0 Å². The van der Waals surface area contributed by atoms with Gasteiger partial charge < -0.3 is 4.90 Å². The topological polar surface area (TPSA) is 3.24 Å². The lowest BCUT2D eigenvalue weighted by molar-refractivity contribution is 0.652. The summed E-state index contributed by atoms with van der Waals surface area (Å²) in [6, 6.07) is 74.6. The lowest BCUT2D eigenvalue weighted by Gasteiger charge is -2.37. The SMILES string of the molecule is CC1(C)c2cccc3c(N(c4ccccc4)c4ccc(-c5c6ccccc6c(-c6ccccc6)c6ccccc56)cc4)c4cccc5c6cccc7ccc1c(c76)c(c23)c45. The smallest absolute Gasteiger partial charge is 0.0619 e. The normalized spacial score (nSPS) is 13.3. The molecule has 0 aliphatic heterocycles. The monoisotopic (exact) mass is 761 g/mol. The highest BCUT2D eigenvalue weighted by Gasteiger charge is 2.36. The maximum atomic E-state index is 2.52. The molecule has 0 amide bonds. The minimum Gasteiger partial charge on any atom is -0.309 e. The molecule has 0 N–H and O–H groups in total. The van der Waals surface area contributed by atoms with Gasteiger partial charge in [0.1, 0.15) is 0 Å². The van der Waals surface area contributed by atoms with E-state index < -0.39 is 0 Å². The Bertz CT molecular complexity index is 3650. The number of fused-ring (bicyclic) bond motifs is 3. The van der Waals surface area contributed by atoms with E-state index in [1.807, 2.05) is 0 Å². The quantitative estimate of drug-likeness (QED) is 0.125. The zero-order valence-electron chi connectivity index (χ0n) is 33.5. The third-order valence-corrected chi connectivity index (χ3v) is 13.7. The number of hydrogen-bond acceptors (Lipinski definition) is 1. The lowest BCUT2D eigenvalue weighted by Crippen LogP contribution is -2.23. The van der Waals surface area contributed by atoms with Crippen LogP contribution in [0.2, 0.25) is 0 Å². The van der Waals surface area contributed by atoms with E-state index in [1.165, 1.54) is 114 Å². The van der Waals surface area contributed by atoms with Crippen LogP contribution < -0.4 is 4.90 Å². The summed E-state index contributed by atoms with van der Waals surface area (Å²) in [4.78, 5) is 2.52. The van der Waals surface area contributed by atoms with Crippen molar-refractivity contribution in [3.63, 3.8) is 0 Å². The molecule has 0 unspecified atom stereocenters. The Morgan fingerprint density at radius 1 is 0.300 bits per heavy atom. The Morgan fingerprint density at radius 3 is 1.42 bits per heavy atom. The van der Waals surface area contributed by atoms with E-state index >= 15 is 0 Å². The zero-order valence-corrected chi connectivity index (χ0v) is 33.5. The van der Waals surface area contributed by atoms with Crippen molar-refractivity contribution in [1.29, 1.82) is 0 Å². The summed E-state index contributed by atoms with van der Waals surface area (Å²) < 4.78 is 0. The van der Waals surface area contributed by atoms with Gasteiger partial charge >= 0.3 is 0 Å². The fourth-order valence-electron chi connectivity index (χ4n) is 11.2. The molecule has 0 radical (unpaired) electrons. The summed E-state index contributed by atoms with van der Waals surface area (Å²) in [5, 5.41) is 18.5. The lowest BCUT2D eigenvalue weighted by atomic mass is 9.68. The van der Waals surface area contributed by atoms with Crippen molar-refractivity contribution in [2.45, 2.75) is 19.3 Å². The summed E-state index contributed by atoms with van der Waals surface area (Å²) in [5.41, 5.74) is 11.1. The first-order valence-corrected chi connectivity index (χ1v) is 21.1. The number of hydrogen-bond donors (Lipinski definition) is 0. The van der Waals surface area contributed by atoms with Gasteiger partial charge in [-0.05, 0) is 117 Å². The molecule has 0 bridgehead atoms. The number of para-hydroxylation sites is 1. The predicted molar refractivity (Wildman–Crippen MR) is 258 cm³/mol. The van der Waals surface area contributed by atoms with Crippen molar-refractivity contribution >= 4 is 92.5 Å². The molecule has 13 rings (SSSR count). The highest BCUT2D eigenvalue weighted by atomic mass is 15.1. The second-order valence-electron chi connectivity index (χ2n) is 17.1. The van der Waals surface area contributed by atoms with E-state index in [0.717, 1.165) is 11.4 Å². The molecule has 0 heterocycles. The van der Waals surface area contributed by atoms with E-state index in [2.05, 4.69) is 219 Å². The van der Waals surface area contributed by atoms with Crippen molar-refractivity contribution in [2.75, 3.05) is 4.90 Å². The van der Waals surface area contributed by atoms with Crippen LogP contribution >= 0.6 is 0 Å². The molecule has 1 aliphatic carbocycles. The Labute approximate surface area is 348 Å². The highest BCUT2D eigenvalue weighted by molar-refractivity contribution is 6.42. The molecule has 0 fully saturated rings. The van der Waals surface area contributed by atoms with Crippen LogP contribution in [0.15, 0.2) is 200 Å². The van der Waals surface area contributed by atoms with Gasteiger partial charge in [0.05, 0.1) is 5.69 Å². The molecule has 280 valence electrons. The van der Waals surface area contributed by atoms with E-state index in [4.69, 9.17) is 0 Å². The van der Waals surface area contributed by atoms with E-state index in [9.17, 15) is 0 Å². The molecule has 0 aromatic heterocycles. The average molecular weight is 762 g/mol. The Morgan fingerprint density at radius 2 is 0.767 bits per heavy atom. The van der Waals surface area contributed by atoms with Crippen LogP contribution in [0.25, 0.3) is 97.7 Å². The van der Waals surface area contributed by atoms with Crippen LogP contribution in [0.5, 0.6) is 0 Å². The van der Waals surface area contributed by atoms with Gasteiger partial charge in [0.25, 0.3) is 0 Å². The summed E-state index contributed by atoms with van der Waals surface area (Å²) in [6.45, 7) is 4.84. The Balaban J connectivity index is 1.11. The zero-order chi connectivity index (χ0) is 39.7. The van der Waals surface area contributed by atoms with Crippen molar-refractivity contribution in [2.24, 2.45) is 0 Å². The summed E-state index contributed by atoms with van der Waals surface area (Å²) >= 11 is 0. The third kappa shape index (κ3) is 4.41. The first-order chi connectivity index (χ1) is 29.6. The molecule has 1 aliphatic rings. The first-order valence-electron chi connectivity index (χ1n) is 21.1. The second-order valence-corrected chi connectivity index (χ2v) is 17.1. The molecule has 0 atom stereocenters. The fourth-order valence-corrected chi connectivity index (χ4v) is 11.2. The molecular formula is C59H39N. The van der Waals surface area contributed by atoms with E-state index in [0.29, 0.717) is 0 Å². The first kappa shape index (κ1) is 33.5. The van der Waals surface area contributed by atoms with Gasteiger partial charge in [-0.2, -0.15) is 0 Å². The van der Waals surface area contributed by atoms with Crippen LogP contribution in [0.1, 0.15) is 25.0 Å². The maximum Gasteiger partial charge on any atom is 0.0619 e. The summed E-state index contributed by atoms with van der Waals surface area (Å²) in [6.07, 6.45) is 0.